The highest BCUT2D eigenvalue weighted by molar-refractivity contribution is 14.0. The Kier molecular flexibility index (Phi) is 15.9. The molecule has 0 aromatic rings. The van der Waals surface area contributed by atoms with E-state index in [9.17, 15) is 0 Å². The van der Waals surface area contributed by atoms with Crippen LogP contribution in [0.25, 0.3) is 0 Å². The van der Waals surface area contributed by atoms with E-state index in [1.54, 1.807) is 7.11 Å². The first-order valence-electron chi connectivity index (χ1n) is 8.08. The Bertz CT molecular complexity index is 281. The van der Waals surface area contributed by atoms with Crippen molar-refractivity contribution < 1.29 is 9.47 Å². The number of ether oxygens (including phenoxy) is 2. The van der Waals surface area contributed by atoms with Crippen molar-refractivity contribution in [2.45, 2.75) is 53.6 Å². The van der Waals surface area contributed by atoms with Crippen molar-refractivity contribution in [1.82, 2.24) is 10.6 Å². The van der Waals surface area contributed by atoms with Crippen LogP contribution in [0.4, 0.5) is 0 Å². The quantitative estimate of drug-likeness (QED) is 0.243. The fraction of sp³-hybridized carbons (Fsp3) is 0.938. The zero-order valence-corrected chi connectivity index (χ0v) is 17.5. The van der Waals surface area contributed by atoms with Crippen LogP contribution in [-0.2, 0) is 9.47 Å². The molecule has 2 N–H and O–H groups in total. The van der Waals surface area contributed by atoms with Crippen LogP contribution in [0.15, 0.2) is 4.99 Å². The lowest BCUT2D eigenvalue weighted by atomic mass is 9.89. The van der Waals surface area contributed by atoms with Gasteiger partial charge in [0.25, 0.3) is 0 Å². The van der Waals surface area contributed by atoms with E-state index in [1.165, 1.54) is 6.42 Å². The zero-order valence-electron chi connectivity index (χ0n) is 15.2. The lowest BCUT2D eigenvalue weighted by molar-refractivity contribution is 0.0241. The Balaban J connectivity index is 0. The SMILES string of the molecule is CCCCOCCNC(=NCC(OC)C(C)(C)C)NCC.I. The van der Waals surface area contributed by atoms with Gasteiger partial charge in [0.2, 0.25) is 0 Å². The largest absolute Gasteiger partial charge is 0.380 e. The standard InChI is InChI=1S/C16H35N3O2.HI/c1-7-9-11-21-12-10-18-15(17-8-2)19-13-14(20-6)16(3,4)5;/h14H,7-13H2,1-6H3,(H2,17,18,19);1H. The molecular weight excluding hydrogens is 393 g/mol. The number of nitrogens with zero attached hydrogens (tertiary/aromatic N) is 1. The maximum absolute atomic E-state index is 5.53. The molecule has 0 saturated carbocycles. The van der Waals surface area contributed by atoms with Crippen LogP contribution in [0.3, 0.4) is 0 Å². The van der Waals surface area contributed by atoms with E-state index in [0.29, 0.717) is 13.2 Å². The molecule has 0 radical (unpaired) electrons. The summed E-state index contributed by atoms with van der Waals surface area (Å²) in [4.78, 5) is 4.60. The summed E-state index contributed by atoms with van der Waals surface area (Å²) in [7, 11) is 1.74. The molecule has 22 heavy (non-hydrogen) atoms. The van der Waals surface area contributed by atoms with Gasteiger partial charge in [0.15, 0.2) is 5.96 Å². The van der Waals surface area contributed by atoms with E-state index in [-0.39, 0.29) is 35.5 Å². The second-order valence-electron chi connectivity index (χ2n) is 6.20. The van der Waals surface area contributed by atoms with Crippen LogP contribution in [-0.4, -0.2) is 52.0 Å². The molecule has 0 fully saturated rings. The number of halogens is 1. The third kappa shape index (κ3) is 12.5. The van der Waals surface area contributed by atoms with Crippen LogP contribution in [0, 0.1) is 5.41 Å². The second kappa shape index (κ2) is 14.5. The number of rotatable bonds is 10. The molecule has 0 aliphatic rings. The van der Waals surface area contributed by atoms with Crippen LogP contribution in [0.1, 0.15) is 47.5 Å². The summed E-state index contributed by atoms with van der Waals surface area (Å²) in [6.45, 7) is 14.5. The molecule has 1 unspecified atom stereocenters. The van der Waals surface area contributed by atoms with E-state index in [4.69, 9.17) is 9.47 Å². The lowest BCUT2D eigenvalue weighted by Gasteiger charge is -2.28. The van der Waals surface area contributed by atoms with Crippen molar-refractivity contribution in [3.63, 3.8) is 0 Å². The topological polar surface area (TPSA) is 54.9 Å². The van der Waals surface area contributed by atoms with Gasteiger partial charge in [-0.15, -0.1) is 24.0 Å². The van der Waals surface area contributed by atoms with Gasteiger partial charge in [-0.05, 0) is 18.8 Å². The molecule has 0 spiro atoms. The van der Waals surface area contributed by atoms with E-state index >= 15 is 0 Å². The Morgan fingerprint density at radius 3 is 2.32 bits per heavy atom. The first-order chi connectivity index (χ1) is 9.95. The summed E-state index contributed by atoms with van der Waals surface area (Å²) in [6.07, 6.45) is 2.40. The Morgan fingerprint density at radius 1 is 1.14 bits per heavy atom. The minimum atomic E-state index is 0. The number of nitrogens with one attached hydrogen (secondary N) is 2. The number of aliphatic imine (C=N–C) groups is 1. The predicted octanol–water partition coefficient (Wildman–Crippen LogP) is 3.04. The van der Waals surface area contributed by atoms with Crippen LogP contribution in [0.5, 0.6) is 0 Å². The maximum atomic E-state index is 5.53. The van der Waals surface area contributed by atoms with Crippen molar-refractivity contribution in [3.05, 3.63) is 0 Å². The summed E-state index contributed by atoms with van der Waals surface area (Å²) in [5.41, 5.74) is 0.0822. The molecule has 0 bridgehead atoms. The van der Waals surface area contributed by atoms with Gasteiger partial charge in [0.05, 0.1) is 19.3 Å². The third-order valence-electron chi connectivity index (χ3n) is 3.19. The highest BCUT2D eigenvalue weighted by atomic mass is 127. The van der Waals surface area contributed by atoms with Crippen LogP contribution >= 0.6 is 24.0 Å². The average molecular weight is 429 g/mol. The fourth-order valence-electron chi connectivity index (χ4n) is 1.81. The predicted molar refractivity (Wildman–Crippen MR) is 105 cm³/mol. The van der Waals surface area contributed by atoms with E-state index in [1.807, 2.05) is 0 Å². The summed E-state index contributed by atoms with van der Waals surface area (Å²) in [5, 5.41) is 6.53. The van der Waals surface area contributed by atoms with Crippen LogP contribution < -0.4 is 10.6 Å². The summed E-state index contributed by atoms with van der Waals surface area (Å²) >= 11 is 0. The van der Waals surface area contributed by atoms with Crippen molar-refractivity contribution >= 4 is 29.9 Å². The van der Waals surface area contributed by atoms with Crippen LogP contribution in [0.2, 0.25) is 0 Å². The summed E-state index contributed by atoms with van der Waals surface area (Å²) in [5.74, 6) is 0.822. The summed E-state index contributed by atoms with van der Waals surface area (Å²) < 4.78 is 11.1. The Hall–Kier alpha value is -0.0800. The number of guanidine groups is 1. The highest BCUT2D eigenvalue weighted by Gasteiger charge is 2.23. The van der Waals surface area contributed by atoms with Gasteiger partial charge in [-0.2, -0.15) is 0 Å². The van der Waals surface area contributed by atoms with Crippen molar-refractivity contribution in [1.29, 1.82) is 0 Å². The van der Waals surface area contributed by atoms with Gasteiger partial charge < -0.3 is 20.1 Å². The Morgan fingerprint density at radius 2 is 1.82 bits per heavy atom. The molecule has 0 rings (SSSR count). The molecule has 0 aliphatic heterocycles. The van der Waals surface area contributed by atoms with E-state index in [2.05, 4.69) is 50.2 Å². The van der Waals surface area contributed by atoms with E-state index in [0.717, 1.165) is 32.1 Å². The maximum Gasteiger partial charge on any atom is 0.191 e. The van der Waals surface area contributed by atoms with Gasteiger partial charge in [0.1, 0.15) is 0 Å². The minimum Gasteiger partial charge on any atom is -0.380 e. The number of hydrogen-bond donors (Lipinski definition) is 2. The normalized spacial score (nSPS) is 13.5. The van der Waals surface area contributed by atoms with Gasteiger partial charge >= 0.3 is 0 Å². The van der Waals surface area contributed by atoms with Crippen molar-refractivity contribution in [3.8, 4) is 0 Å². The molecule has 6 heteroatoms. The number of hydrogen-bond acceptors (Lipinski definition) is 3. The molecular formula is C16H36IN3O2. The summed E-state index contributed by atoms with van der Waals surface area (Å²) in [6, 6.07) is 0. The molecule has 1 atom stereocenters. The minimum absolute atomic E-state index is 0. The molecule has 0 aromatic carbocycles. The Labute approximate surface area is 154 Å². The third-order valence-corrected chi connectivity index (χ3v) is 3.19. The number of methoxy groups -OCH3 is 1. The first-order valence-corrected chi connectivity index (χ1v) is 8.08. The molecule has 0 aliphatic carbocycles. The number of unbranched alkanes of at least 4 members (excludes halogenated alkanes) is 1. The van der Waals surface area contributed by atoms with Crippen molar-refractivity contribution in [2.75, 3.05) is 40.0 Å². The monoisotopic (exact) mass is 429 g/mol. The lowest BCUT2D eigenvalue weighted by Crippen LogP contribution is -2.40. The van der Waals surface area contributed by atoms with Crippen molar-refractivity contribution in [2.24, 2.45) is 10.4 Å². The molecule has 0 saturated heterocycles. The molecule has 134 valence electrons. The van der Waals surface area contributed by atoms with Gasteiger partial charge in [0, 0.05) is 26.8 Å². The molecule has 0 aromatic heterocycles. The average Bonchev–Trinajstić information content (AvgIpc) is 2.41. The van der Waals surface area contributed by atoms with Gasteiger partial charge in [-0.3, -0.25) is 4.99 Å². The van der Waals surface area contributed by atoms with Gasteiger partial charge in [-0.25, -0.2) is 0 Å². The first kappa shape index (κ1) is 24.2. The molecule has 0 amide bonds. The fourth-order valence-corrected chi connectivity index (χ4v) is 1.81. The highest BCUT2D eigenvalue weighted by Crippen LogP contribution is 2.21. The molecule has 0 heterocycles. The molecule has 5 nitrogen and oxygen atoms in total. The van der Waals surface area contributed by atoms with E-state index < -0.39 is 0 Å². The smallest absolute Gasteiger partial charge is 0.191 e. The second-order valence-corrected chi connectivity index (χ2v) is 6.20. The van der Waals surface area contributed by atoms with Gasteiger partial charge in [-0.1, -0.05) is 34.1 Å². The zero-order chi connectivity index (χ0) is 16.1.